The molecule has 1 heterocycles. The molecule has 2 nitrogen and oxygen atoms in total. The average Bonchev–Trinajstić information content (AvgIpc) is 3.03. The van der Waals surface area contributed by atoms with Crippen LogP contribution in [0, 0.1) is 23.7 Å². The minimum atomic E-state index is 0.785. The zero-order valence-corrected chi connectivity index (χ0v) is 12.2. The van der Waals surface area contributed by atoms with Gasteiger partial charge in [0.05, 0.1) is 0 Å². The lowest BCUT2D eigenvalue weighted by Crippen LogP contribution is -2.38. The Labute approximate surface area is 113 Å². The summed E-state index contributed by atoms with van der Waals surface area (Å²) in [7, 11) is 0. The van der Waals surface area contributed by atoms with Gasteiger partial charge < -0.3 is 5.32 Å². The maximum absolute atomic E-state index is 3.65. The van der Waals surface area contributed by atoms with Crippen molar-refractivity contribution >= 4 is 0 Å². The van der Waals surface area contributed by atoms with E-state index in [0.29, 0.717) is 0 Å². The molecule has 0 amide bonds. The Hall–Kier alpha value is -0.0800. The van der Waals surface area contributed by atoms with Crippen molar-refractivity contribution in [2.24, 2.45) is 23.7 Å². The van der Waals surface area contributed by atoms with Crippen LogP contribution in [-0.4, -0.2) is 37.1 Å². The van der Waals surface area contributed by atoms with Crippen LogP contribution in [0.15, 0.2) is 0 Å². The summed E-state index contributed by atoms with van der Waals surface area (Å²) in [6.45, 7) is 9.77. The second-order valence-electron chi connectivity index (χ2n) is 7.44. The first-order valence-corrected chi connectivity index (χ1v) is 8.17. The van der Waals surface area contributed by atoms with Crippen LogP contribution in [0.4, 0.5) is 0 Å². The van der Waals surface area contributed by atoms with E-state index in [-0.39, 0.29) is 0 Å². The molecule has 0 radical (unpaired) electrons. The van der Waals surface area contributed by atoms with Crippen LogP contribution in [0.3, 0.4) is 0 Å². The Morgan fingerprint density at radius 2 is 2.06 bits per heavy atom. The lowest BCUT2D eigenvalue weighted by atomic mass is 9.94. The van der Waals surface area contributed by atoms with Gasteiger partial charge in [-0.3, -0.25) is 4.90 Å². The second kappa shape index (κ2) is 5.50. The molecule has 1 saturated heterocycles. The van der Waals surface area contributed by atoms with E-state index < -0.39 is 0 Å². The van der Waals surface area contributed by atoms with E-state index in [1.54, 1.807) is 6.42 Å². The maximum Gasteiger partial charge on any atom is 0.0126 e. The van der Waals surface area contributed by atoms with Crippen molar-refractivity contribution < 1.29 is 0 Å². The van der Waals surface area contributed by atoms with Crippen molar-refractivity contribution in [3.8, 4) is 0 Å². The third-order valence-electron chi connectivity index (χ3n) is 5.47. The first kappa shape index (κ1) is 12.9. The molecule has 0 aromatic rings. The van der Waals surface area contributed by atoms with E-state index in [2.05, 4.69) is 24.1 Å². The van der Waals surface area contributed by atoms with E-state index in [1.807, 2.05) is 0 Å². The van der Waals surface area contributed by atoms with Gasteiger partial charge in [-0.05, 0) is 69.0 Å². The van der Waals surface area contributed by atoms with Crippen LogP contribution < -0.4 is 5.32 Å². The summed E-state index contributed by atoms with van der Waals surface area (Å²) in [4.78, 5) is 2.84. The summed E-state index contributed by atoms with van der Waals surface area (Å²) >= 11 is 0. The minimum Gasteiger partial charge on any atom is -0.316 e. The van der Waals surface area contributed by atoms with E-state index in [4.69, 9.17) is 0 Å². The fourth-order valence-corrected chi connectivity index (χ4v) is 4.56. The predicted molar refractivity (Wildman–Crippen MR) is 76.6 cm³/mol. The summed E-state index contributed by atoms with van der Waals surface area (Å²) < 4.78 is 0. The molecule has 2 heteroatoms. The molecule has 4 atom stereocenters. The van der Waals surface area contributed by atoms with Crippen molar-refractivity contribution in [2.75, 3.05) is 26.2 Å². The summed E-state index contributed by atoms with van der Waals surface area (Å²) in [5, 5.41) is 3.65. The molecule has 0 aromatic carbocycles. The minimum absolute atomic E-state index is 0.785. The van der Waals surface area contributed by atoms with Crippen LogP contribution in [0.1, 0.15) is 46.0 Å². The average molecular weight is 250 g/mol. The van der Waals surface area contributed by atoms with Gasteiger partial charge in [-0.15, -0.1) is 0 Å². The number of nitrogens with one attached hydrogen (secondary N) is 1. The fourth-order valence-electron chi connectivity index (χ4n) is 4.56. The first-order chi connectivity index (χ1) is 8.72. The Bertz CT molecular complexity index is 276. The SMILES string of the molecule is CC(C)CNCC1CCN(C2CC3CCC2C3)C1. The molecule has 3 fully saturated rings. The second-order valence-corrected chi connectivity index (χ2v) is 7.44. The molecular weight excluding hydrogens is 220 g/mol. The largest absolute Gasteiger partial charge is 0.316 e. The van der Waals surface area contributed by atoms with Gasteiger partial charge in [-0.25, -0.2) is 0 Å². The quantitative estimate of drug-likeness (QED) is 0.807. The number of nitrogens with zero attached hydrogens (tertiary/aromatic N) is 1. The van der Waals surface area contributed by atoms with Gasteiger partial charge in [0.25, 0.3) is 0 Å². The van der Waals surface area contributed by atoms with Crippen LogP contribution in [0.25, 0.3) is 0 Å². The van der Waals surface area contributed by atoms with Gasteiger partial charge >= 0.3 is 0 Å². The molecule has 1 N–H and O–H groups in total. The normalized spacial score (nSPS) is 40.2. The summed E-state index contributed by atoms with van der Waals surface area (Å²) in [5.74, 6) is 3.87. The van der Waals surface area contributed by atoms with Gasteiger partial charge in [0.1, 0.15) is 0 Å². The predicted octanol–water partition coefficient (Wildman–Crippen LogP) is 2.74. The van der Waals surface area contributed by atoms with E-state index in [1.165, 1.54) is 51.9 Å². The van der Waals surface area contributed by atoms with E-state index in [9.17, 15) is 0 Å². The number of likely N-dealkylation sites (tertiary alicyclic amines) is 1. The Balaban J connectivity index is 1.41. The van der Waals surface area contributed by atoms with Crippen LogP contribution in [-0.2, 0) is 0 Å². The third-order valence-corrected chi connectivity index (χ3v) is 5.47. The zero-order chi connectivity index (χ0) is 12.5. The van der Waals surface area contributed by atoms with Crippen LogP contribution in [0.2, 0.25) is 0 Å². The Kier molecular flexibility index (Phi) is 3.95. The van der Waals surface area contributed by atoms with Gasteiger partial charge in [-0.2, -0.15) is 0 Å². The third kappa shape index (κ3) is 2.75. The van der Waals surface area contributed by atoms with Crippen molar-refractivity contribution in [2.45, 2.75) is 52.0 Å². The molecule has 2 aliphatic carbocycles. The van der Waals surface area contributed by atoms with Gasteiger partial charge in [0.2, 0.25) is 0 Å². The topological polar surface area (TPSA) is 15.3 Å². The standard InChI is InChI=1S/C16H30N2/c1-12(2)9-17-10-14-5-6-18(11-14)16-8-13-3-4-15(16)7-13/h12-17H,3-11H2,1-2H3. The number of hydrogen-bond donors (Lipinski definition) is 1. The van der Waals surface area contributed by atoms with Crippen molar-refractivity contribution in [1.29, 1.82) is 0 Å². The van der Waals surface area contributed by atoms with Crippen molar-refractivity contribution in [3.63, 3.8) is 0 Å². The molecule has 104 valence electrons. The Morgan fingerprint density at radius 3 is 2.72 bits per heavy atom. The molecule has 2 saturated carbocycles. The lowest BCUT2D eigenvalue weighted by molar-refractivity contribution is 0.169. The van der Waals surface area contributed by atoms with Crippen molar-refractivity contribution in [1.82, 2.24) is 10.2 Å². The Morgan fingerprint density at radius 1 is 1.17 bits per heavy atom. The zero-order valence-electron chi connectivity index (χ0n) is 12.2. The van der Waals surface area contributed by atoms with Gasteiger partial charge in [0, 0.05) is 12.6 Å². The summed E-state index contributed by atoms with van der Waals surface area (Å²) in [6, 6.07) is 0.971. The van der Waals surface area contributed by atoms with E-state index >= 15 is 0 Å². The highest BCUT2D eigenvalue weighted by Crippen LogP contribution is 2.47. The highest BCUT2D eigenvalue weighted by molar-refractivity contribution is 4.97. The molecule has 0 spiro atoms. The first-order valence-electron chi connectivity index (χ1n) is 8.17. The molecule has 3 aliphatic rings. The molecular formula is C16H30N2. The highest BCUT2D eigenvalue weighted by atomic mass is 15.2. The monoisotopic (exact) mass is 250 g/mol. The molecule has 3 rings (SSSR count). The lowest BCUT2D eigenvalue weighted by Gasteiger charge is -2.31. The number of rotatable bonds is 5. The fraction of sp³-hybridized carbons (Fsp3) is 1.00. The molecule has 4 unspecified atom stereocenters. The highest BCUT2D eigenvalue weighted by Gasteiger charge is 2.43. The smallest absolute Gasteiger partial charge is 0.0126 e. The van der Waals surface area contributed by atoms with Crippen molar-refractivity contribution in [3.05, 3.63) is 0 Å². The van der Waals surface area contributed by atoms with E-state index in [0.717, 1.165) is 29.7 Å². The maximum atomic E-state index is 3.65. The van der Waals surface area contributed by atoms with Crippen LogP contribution >= 0.6 is 0 Å². The number of hydrogen-bond acceptors (Lipinski definition) is 2. The molecule has 2 bridgehead atoms. The molecule has 18 heavy (non-hydrogen) atoms. The summed E-state index contributed by atoms with van der Waals surface area (Å²) in [5.41, 5.74) is 0. The van der Waals surface area contributed by atoms with Crippen LogP contribution in [0.5, 0.6) is 0 Å². The number of fused-ring (bicyclic) bond motifs is 2. The van der Waals surface area contributed by atoms with Gasteiger partial charge in [-0.1, -0.05) is 20.3 Å². The van der Waals surface area contributed by atoms with Gasteiger partial charge in [0.15, 0.2) is 0 Å². The summed E-state index contributed by atoms with van der Waals surface area (Å²) in [6.07, 6.45) is 7.57. The molecule has 0 aromatic heterocycles. The molecule has 1 aliphatic heterocycles.